The summed E-state index contributed by atoms with van der Waals surface area (Å²) in [7, 11) is 0. The van der Waals surface area contributed by atoms with Gasteiger partial charge in [-0.1, -0.05) is 18.2 Å². The first-order chi connectivity index (χ1) is 14.0. The molecule has 1 aliphatic rings. The van der Waals surface area contributed by atoms with E-state index < -0.39 is 5.91 Å². The van der Waals surface area contributed by atoms with E-state index in [0.29, 0.717) is 29.2 Å². The fourth-order valence-corrected chi connectivity index (χ4v) is 3.51. The first-order valence-electron chi connectivity index (χ1n) is 8.78. The van der Waals surface area contributed by atoms with Crippen LogP contribution in [0.3, 0.4) is 0 Å². The van der Waals surface area contributed by atoms with Crippen LogP contribution in [0.4, 0.5) is 9.18 Å². The summed E-state index contributed by atoms with van der Waals surface area (Å²) in [6.45, 7) is 2.19. The number of nitriles is 1. The Kier molecular flexibility index (Phi) is 6.52. The maximum Gasteiger partial charge on any atom is 0.293 e. The summed E-state index contributed by atoms with van der Waals surface area (Å²) < 4.78 is 23.9. The number of hydrogen-bond acceptors (Lipinski definition) is 6. The van der Waals surface area contributed by atoms with Crippen LogP contribution in [0.2, 0.25) is 0 Å². The second-order valence-electron chi connectivity index (χ2n) is 5.98. The Morgan fingerprint density at radius 1 is 1.14 bits per heavy atom. The van der Waals surface area contributed by atoms with Gasteiger partial charge in [-0.3, -0.25) is 14.5 Å². The number of carbonyl (C=O) groups is 2. The molecule has 0 saturated carbocycles. The molecule has 0 radical (unpaired) electrons. The highest BCUT2D eigenvalue weighted by Crippen LogP contribution is 2.35. The van der Waals surface area contributed by atoms with Gasteiger partial charge in [-0.05, 0) is 60.2 Å². The van der Waals surface area contributed by atoms with E-state index in [0.717, 1.165) is 16.7 Å². The van der Waals surface area contributed by atoms with E-state index in [2.05, 4.69) is 0 Å². The van der Waals surface area contributed by atoms with Crippen LogP contribution >= 0.6 is 11.8 Å². The fourth-order valence-electron chi connectivity index (χ4n) is 2.67. The normalized spacial score (nSPS) is 14.9. The van der Waals surface area contributed by atoms with Crippen LogP contribution in [0, 0.1) is 17.1 Å². The van der Waals surface area contributed by atoms with Crippen LogP contribution in [0.15, 0.2) is 47.4 Å². The molecule has 2 aromatic rings. The molecule has 0 aromatic heterocycles. The number of halogens is 1. The highest BCUT2D eigenvalue weighted by Gasteiger charge is 2.35. The number of rotatable bonds is 7. The lowest BCUT2D eigenvalue weighted by molar-refractivity contribution is -0.123. The van der Waals surface area contributed by atoms with E-state index in [4.69, 9.17) is 14.7 Å². The fraction of sp³-hybridized carbons (Fsp3) is 0.190. The Bertz CT molecular complexity index is 999. The van der Waals surface area contributed by atoms with Crippen LogP contribution in [-0.4, -0.2) is 29.3 Å². The third-order valence-corrected chi connectivity index (χ3v) is 4.89. The summed E-state index contributed by atoms with van der Waals surface area (Å²) in [5, 5.41) is 8.29. The molecule has 29 heavy (non-hydrogen) atoms. The van der Waals surface area contributed by atoms with Crippen LogP contribution in [0.1, 0.15) is 18.1 Å². The van der Waals surface area contributed by atoms with Gasteiger partial charge in [0.15, 0.2) is 18.1 Å². The highest BCUT2D eigenvalue weighted by atomic mass is 32.2. The third-order valence-electron chi connectivity index (χ3n) is 3.99. The number of amides is 2. The molecule has 0 N–H and O–H groups in total. The summed E-state index contributed by atoms with van der Waals surface area (Å²) >= 11 is 0.846. The Morgan fingerprint density at radius 3 is 2.59 bits per heavy atom. The van der Waals surface area contributed by atoms with Crippen LogP contribution in [-0.2, 0) is 11.3 Å². The number of imide groups is 1. The van der Waals surface area contributed by atoms with Crippen molar-refractivity contribution < 1.29 is 23.5 Å². The third kappa shape index (κ3) is 4.95. The Morgan fingerprint density at radius 2 is 1.90 bits per heavy atom. The van der Waals surface area contributed by atoms with Crippen molar-refractivity contribution in [3.05, 3.63) is 64.3 Å². The Hall–Kier alpha value is -3.31. The first-order valence-corrected chi connectivity index (χ1v) is 9.60. The largest absolute Gasteiger partial charge is 0.490 e. The number of carbonyl (C=O) groups excluding carboxylic acids is 2. The number of benzene rings is 2. The number of ether oxygens (including phenoxy) is 2. The van der Waals surface area contributed by atoms with Gasteiger partial charge in [0.1, 0.15) is 11.9 Å². The van der Waals surface area contributed by atoms with Crippen molar-refractivity contribution in [3.63, 3.8) is 0 Å². The van der Waals surface area contributed by atoms with Crippen molar-refractivity contribution >= 4 is 29.0 Å². The first kappa shape index (κ1) is 20.4. The van der Waals surface area contributed by atoms with E-state index in [-0.39, 0.29) is 29.1 Å². The molecule has 8 heteroatoms. The molecule has 0 bridgehead atoms. The molecule has 0 aliphatic carbocycles. The number of thioether (sulfide) groups is 1. The molecule has 1 fully saturated rings. The monoisotopic (exact) mass is 412 g/mol. The zero-order chi connectivity index (χ0) is 20.8. The quantitative estimate of drug-likeness (QED) is 0.629. The molecular formula is C21H17FN2O4S. The van der Waals surface area contributed by atoms with E-state index >= 15 is 0 Å². The molecule has 148 valence electrons. The molecule has 2 aromatic carbocycles. The van der Waals surface area contributed by atoms with Gasteiger partial charge in [-0.25, -0.2) is 4.39 Å². The minimum Gasteiger partial charge on any atom is -0.490 e. The lowest BCUT2D eigenvalue weighted by Crippen LogP contribution is -2.27. The van der Waals surface area contributed by atoms with Crippen molar-refractivity contribution in [2.45, 2.75) is 13.5 Å². The van der Waals surface area contributed by atoms with Gasteiger partial charge in [-0.15, -0.1) is 0 Å². The van der Waals surface area contributed by atoms with Gasteiger partial charge >= 0.3 is 0 Å². The molecule has 0 atom stereocenters. The lowest BCUT2D eigenvalue weighted by atomic mass is 10.1. The van der Waals surface area contributed by atoms with Crippen molar-refractivity contribution in [1.29, 1.82) is 5.26 Å². The van der Waals surface area contributed by atoms with E-state index in [9.17, 15) is 14.0 Å². The summed E-state index contributed by atoms with van der Waals surface area (Å²) in [6, 6.07) is 12.6. The van der Waals surface area contributed by atoms with E-state index in [1.54, 1.807) is 24.3 Å². The van der Waals surface area contributed by atoms with Crippen molar-refractivity contribution in [2.24, 2.45) is 0 Å². The molecule has 1 aliphatic heterocycles. The van der Waals surface area contributed by atoms with Crippen LogP contribution < -0.4 is 9.47 Å². The molecule has 6 nitrogen and oxygen atoms in total. The predicted molar refractivity (Wildman–Crippen MR) is 107 cm³/mol. The van der Waals surface area contributed by atoms with Crippen LogP contribution in [0.25, 0.3) is 6.08 Å². The van der Waals surface area contributed by atoms with Gasteiger partial charge in [-0.2, -0.15) is 5.26 Å². The predicted octanol–water partition coefficient (Wildman–Crippen LogP) is 4.36. The zero-order valence-electron chi connectivity index (χ0n) is 15.6. The SMILES string of the molecule is CCOc1cc(/C=C2\SC(=O)N(Cc3ccc(F)cc3)C2=O)ccc1OCC#N. The highest BCUT2D eigenvalue weighted by molar-refractivity contribution is 8.18. The van der Waals surface area contributed by atoms with Crippen molar-refractivity contribution in [2.75, 3.05) is 13.2 Å². The van der Waals surface area contributed by atoms with Crippen molar-refractivity contribution in [1.82, 2.24) is 4.90 Å². The van der Waals surface area contributed by atoms with E-state index in [1.165, 1.54) is 24.3 Å². The zero-order valence-corrected chi connectivity index (χ0v) is 16.4. The summed E-state index contributed by atoms with van der Waals surface area (Å²) in [5.74, 6) is 0.0826. The number of nitrogens with zero attached hydrogens (tertiary/aromatic N) is 2. The smallest absolute Gasteiger partial charge is 0.293 e. The second kappa shape index (κ2) is 9.26. The molecule has 3 rings (SSSR count). The van der Waals surface area contributed by atoms with Crippen molar-refractivity contribution in [3.8, 4) is 17.6 Å². The topological polar surface area (TPSA) is 79.6 Å². The minimum atomic E-state index is -0.410. The van der Waals surface area contributed by atoms with Gasteiger partial charge in [0.25, 0.3) is 11.1 Å². The summed E-state index contributed by atoms with van der Waals surface area (Å²) in [6.07, 6.45) is 1.60. The molecule has 2 amide bonds. The van der Waals surface area contributed by atoms with Gasteiger partial charge < -0.3 is 9.47 Å². The summed E-state index contributed by atoms with van der Waals surface area (Å²) in [4.78, 5) is 26.3. The molecule has 0 spiro atoms. The standard InChI is InChI=1S/C21H17FN2O4S/c1-2-27-18-11-15(5-8-17(18)28-10-9-23)12-19-20(25)24(21(26)29-19)13-14-3-6-16(22)7-4-14/h3-8,11-12H,2,10,13H2,1H3/b19-12-. The summed E-state index contributed by atoms with van der Waals surface area (Å²) in [5.41, 5.74) is 1.32. The second-order valence-corrected chi connectivity index (χ2v) is 6.97. The van der Waals surface area contributed by atoms with Gasteiger partial charge in [0.05, 0.1) is 18.1 Å². The van der Waals surface area contributed by atoms with E-state index in [1.807, 2.05) is 13.0 Å². The lowest BCUT2D eigenvalue weighted by Gasteiger charge is -2.12. The average molecular weight is 412 g/mol. The van der Waals surface area contributed by atoms with Gasteiger partial charge in [0.2, 0.25) is 0 Å². The minimum absolute atomic E-state index is 0.0768. The molecule has 0 unspecified atom stereocenters. The van der Waals surface area contributed by atoms with Crippen LogP contribution in [0.5, 0.6) is 11.5 Å². The maximum atomic E-state index is 13.0. The van der Waals surface area contributed by atoms with Gasteiger partial charge in [0, 0.05) is 0 Å². The maximum absolute atomic E-state index is 13.0. The molecule has 1 saturated heterocycles. The molecule has 1 heterocycles. The number of hydrogen-bond donors (Lipinski definition) is 0. The Labute approximate surface area is 171 Å². The Balaban J connectivity index is 1.80. The average Bonchev–Trinajstić information content (AvgIpc) is 2.96. The molecular weight excluding hydrogens is 395 g/mol.